The maximum Gasteiger partial charge on any atom is 0.164 e. The summed E-state index contributed by atoms with van der Waals surface area (Å²) < 4.78 is 0. The summed E-state index contributed by atoms with van der Waals surface area (Å²) in [7, 11) is 0. The summed E-state index contributed by atoms with van der Waals surface area (Å²) in [5, 5.41) is 0. The second-order valence-corrected chi connectivity index (χ2v) is 4.21. The lowest BCUT2D eigenvalue weighted by Gasteiger charge is -2.05. The monoisotopic (exact) mass is 255 g/mol. The van der Waals surface area contributed by atoms with Crippen molar-refractivity contribution in [3.05, 3.63) is 71.8 Å². The van der Waals surface area contributed by atoms with Crippen molar-refractivity contribution in [1.29, 1.82) is 0 Å². The van der Waals surface area contributed by atoms with Gasteiger partial charge in [-0.3, -0.25) is 9.63 Å². The van der Waals surface area contributed by atoms with E-state index >= 15 is 0 Å². The SMILES string of the molecule is O=C(CCNOCc1ccccc1)c1ccccc1. The van der Waals surface area contributed by atoms with Gasteiger partial charge in [-0.15, -0.1) is 0 Å². The molecule has 3 nitrogen and oxygen atoms in total. The van der Waals surface area contributed by atoms with E-state index in [-0.39, 0.29) is 5.78 Å². The van der Waals surface area contributed by atoms with E-state index in [1.807, 2.05) is 60.7 Å². The predicted molar refractivity (Wildman–Crippen MR) is 74.6 cm³/mol. The lowest BCUT2D eigenvalue weighted by atomic mass is 10.1. The van der Waals surface area contributed by atoms with Crippen LogP contribution in [0.1, 0.15) is 22.3 Å². The largest absolute Gasteiger partial charge is 0.297 e. The van der Waals surface area contributed by atoms with E-state index in [0.29, 0.717) is 19.6 Å². The molecule has 3 heteroatoms. The lowest BCUT2D eigenvalue weighted by molar-refractivity contribution is 0.0274. The quantitative estimate of drug-likeness (QED) is 0.469. The fraction of sp³-hybridized carbons (Fsp3) is 0.188. The van der Waals surface area contributed by atoms with Crippen molar-refractivity contribution in [2.75, 3.05) is 6.54 Å². The van der Waals surface area contributed by atoms with Gasteiger partial charge in [0, 0.05) is 18.5 Å². The number of carbonyl (C=O) groups is 1. The number of hydroxylamine groups is 1. The van der Waals surface area contributed by atoms with E-state index in [4.69, 9.17) is 4.84 Å². The molecule has 0 radical (unpaired) electrons. The Kier molecular flexibility index (Phi) is 5.29. The molecule has 0 aliphatic rings. The summed E-state index contributed by atoms with van der Waals surface area (Å²) in [5.74, 6) is 0.122. The second-order valence-electron chi connectivity index (χ2n) is 4.21. The predicted octanol–water partition coefficient (Wildman–Crippen LogP) is 2.98. The van der Waals surface area contributed by atoms with Crippen LogP contribution >= 0.6 is 0 Å². The highest BCUT2D eigenvalue weighted by molar-refractivity contribution is 5.96. The molecule has 0 aliphatic heterocycles. The molecule has 2 rings (SSSR count). The maximum absolute atomic E-state index is 11.8. The molecule has 0 atom stereocenters. The molecule has 2 aromatic rings. The normalized spacial score (nSPS) is 10.3. The van der Waals surface area contributed by atoms with Crippen LogP contribution in [-0.4, -0.2) is 12.3 Å². The average molecular weight is 255 g/mol. The smallest absolute Gasteiger partial charge is 0.164 e. The summed E-state index contributed by atoms with van der Waals surface area (Å²) in [6.07, 6.45) is 0.429. The molecular weight excluding hydrogens is 238 g/mol. The molecule has 0 aliphatic carbocycles. The third kappa shape index (κ3) is 4.66. The van der Waals surface area contributed by atoms with E-state index < -0.39 is 0 Å². The number of hydrogen-bond acceptors (Lipinski definition) is 3. The highest BCUT2D eigenvalue weighted by Crippen LogP contribution is 2.02. The van der Waals surface area contributed by atoms with Crippen LogP contribution in [-0.2, 0) is 11.4 Å². The number of benzene rings is 2. The Hall–Kier alpha value is -1.97. The van der Waals surface area contributed by atoms with Crippen molar-refractivity contribution in [3.63, 3.8) is 0 Å². The van der Waals surface area contributed by atoms with Crippen LogP contribution in [0.5, 0.6) is 0 Å². The zero-order valence-electron chi connectivity index (χ0n) is 10.7. The number of rotatable bonds is 7. The standard InChI is InChI=1S/C16H17NO2/c18-16(15-9-5-2-6-10-15)11-12-17-19-13-14-7-3-1-4-8-14/h1-10,17H,11-13H2. The minimum Gasteiger partial charge on any atom is -0.297 e. The maximum atomic E-state index is 11.8. The van der Waals surface area contributed by atoms with Gasteiger partial charge >= 0.3 is 0 Å². The van der Waals surface area contributed by atoms with Crippen LogP contribution in [0.25, 0.3) is 0 Å². The van der Waals surface area contributed by atoms with Gasteiger partial charge in [0.15, 0.2) is 5.78 Å². The van der Waals surface area contributed by atoms with Gasteiger partial charge < -0.3 is 0 Å². The Bertz CT molecular complexity index is 497. The van der Waals surface area contributed by atoms with Gasteiger partial charge in [-0.2, -0.15) is 0 Å². The first-order valence-corrected chi connectivity index (χ1v) is 6.33. The lowest BCUT2D eigenvalue weighted by Crippen LogP contribution is -2.18. The van der Waals surface area contributed by atoms with E-state index in [2.05, 4.69) is 5.48 Å². The van der Waals surface area contributed by atoms with Gasteiger partial charge in [0.05, 0.1) is 6.61 Å². The van der Waals surface area contributed by atoms with Gasteiger partial charge in [-0.05, 0) is 5.56 Å². The first-order valence-electron chi connectivity index (χ1n) is 6.33. The van der Waals surface area contributed by atoms with Gasteiger partial charge in [0.1, 0.15) is 0 Å². The van der Waals surface area contributed by atoms with Crippen molar-refractivity contribution in [1.82, 2.24) is 5.48 Å². The zero-order valence-corrected chi connectivity index (χ0v) is 10.7. The molecule has 0 bridgehead atoms. The van der Waals surface area contributed by atoms with Crippen molar-refractivity contribution >= 4 is 5.78 Å². The Morgan fingerprint density at radius 2 is 1.58 bits per heavy atom. The third-order valence-electron chi connectivity index (χ3n) is 2.73. The molecule has 0 saturated heterocycles. The molecule has 0 fully saturated rings. The highest BCUT2D eigenvalue weighted by Gasteiger charge is 2.03. The van der Waals surface area contributed by atoms with E-state index in [1.54, 1.807) is 0 Å². The Labute approximate surface area is 113 Å². The number of carbonyl (C=O) groups excluding carboxylic acids is 1. The molecule has 19 heavy (non-hydrogen) atoms. The molecule has 0 aromatic heterocycles. The van der Waals surface area contributed by atoms with Gasteiger partial charge in [-0.1, -0.05) is 60.7 Å². The highest BCUT2D eigenvalue weighted by atomic mass is 16.6. The van der Waals surface area contributed by atoms with E-state index in [1.165, 1.54) is 0 Å². The molecule has 0 heterocycles. The number of Topliss-reactive ketones (excluding diaryl/α,β-unsaturated/α-hetero) is 1. The third-order valence-corrected chi connectivity index (χ3v) is 2.73. The molecule has 0 spiro atoms. The fourth-order valence-corrected chi connectivity index (χ4v) is 1.71. The van der Waals surface area contributed by atoms with Crippen LogP contribution in [0.15, 0.2) is 60.7 Å². The fourth-order valence-electron chi connectivity index (χ4n) is 1.71. The van der Waals surface area contributed by atoms with Gasteiger partial charge in [0.2, 0.25) is 0 Å². The summed E-state index contributed by atoms with van der Waals surface area (Å²) in [6, 6.07) is 19.2. The minimum atomic E-state index is 0.122. The number of hydrogen-bond donors (Lipinski definition) is 1. The summed E-state index contributed by atoms with van der Waals surface area (Å²) in [6.45, 7) is 1.01. The molecule has 0 unspecified atom stereocenters. The Morgan fingerprint density at radius 1 is 0.947 bits per heavy atom. The Balaban J connectivity index is 1.63. The average Bonchev–Trinajstić information content (AvgIpc) is 2.49. The van der Waals surface area contributed by atoms with E-state index in [0.717, 1.165) is 11.1 Å². The van der Waals surface area contributed by atoms with Crippen LogP contribution < -0.4 is 5.48 Å². The van der Waals surface area contributed by atoms with Crippen LogP contribution in [0, 0.1) is 0 Å². The first kappa shape index (κ1) is 13.5. The van der Waals surface area contributed by atoms with Gasteiger partial charge in [0.25, 0.3) is 0 Å². The molecular formula is C16H17NO2. The first-order chi connectivity index (χ1) is 9.36. The topological polar surface area (TPSA) is 38.3 Å². The van der Waals surface area contributed by atoms with Crippen molar-refractivity contribution < 1.29 is 9.63 Å². The molecule has 1 N–H and O–H groups in total. The Morgan fingerprint density at radius 3 is 2.26 bits per heavy atom. The van der Waals surface area contributed by atoms with Crippen LogP contribution in [0.3, 0.4) is 0 Å². The van der Waals surface area contributed by atoms with Crippen molar-refractivity contribution in [2.45, 2.75) is 13.0 Å². The molecule has 98 valence electrons. The molecule has 0 saturated carbocycles. The van der Waals surface area contributed by atoms with E-state index in [9.17, 15) is 4.79 Å². The zero-order chi connectivity index (χ0) is 13.3. The summed E-state index contributed by atoms with van der Waals surface area (Å²) >= 11 is 0. The summed E-state index contributed by atoms with van der Waals surface area (Å²) in [4.78, 5) is 17.1. The second kappa shape index (κ2) is 7.46. The molecule has 2 aromatic carbocycles. The van der Waals surface area contributed by atoms with Crippen molar-refractivity contribution in [3.8, 4) is 0 Å². The summed E-state index contributed by atoms with van der Waals surface area (Å²) in [5.41, 5.74) is 4.66. The van der Waals surface area contributed by atoms with Crippen LogP contribution in [0.2, 0.25) is 0 Å². The van der Waals surface area contributed by atoms with Gasteiger partial charge in [-0.25, -0.2) is 5.48 Å². The minimum absolute atomic E-state index is 0.122. The molecule has 0 amide bonds. The van der Waals surface area contributed by atoms with Crippen molar-refractivity contribution in [2.24, 2.45) is 0 Å². The van der Waals surface area contributed by atoms with Crippen LogP contribution in [0.4, 0.5) is 0 Å². The number of nitrogens with one attached hydrogen (secondary N) is 1. The number of ketones is 1.